The minimum absolute atomic E-state index is 0.0156. The summed E-state index contributed by atoms with van der Waals surface area (Å²) in [5.41, 5.74) is 2.14. The number of carbonyl (C=O) groups is 1. The summed E-state index contributed by atoms with van der Waals surface area (Å²) in [5.74, 6) is -0.0778. The second kappa shape index (κ2) is 2.99. The van der Waals surface area contributed by atoms with Crippen molar-refractivity contribution in [2.45, 2.75) is 32.6 Å². The average molecular weight is 225 g/mol. The molecule has 1 aromatic rings. The van der Waals surface area contributed by atoms with E-state index in [9.17, 15) is 9.90 Å². The van der Waals surface area contributed by atoms with Crippen LogP contribution in [0.15, 0.2) is 6.07 Å². The van der Waals surface area contributed by atoms with Gasteiger partial charge in [0, 0.05) is 6.42 Å². The summed E-state index contributed by atoms with van der Waals surface area (Å²) in [5, 5.41) is 10.1. The molecular weight excluding hydrogens is 212 g/mol. The molecule has 0 bridgehead atoms. The zero-order valence-corrected chi connectivity index (χ0v) is 9.77. The number of aryl methyl sites for hydroxylation is 1. The third-order valence-electron chi connectivity index (χ3n) is 3.01. The molecule has 0 aliphatic heterocycles. The number of halogens is 1. The lowest BCUT2D eigenvalue weighted by Crippen LogP contribution is -2.14. The molecule has 1 aromatic carbocycles. The van der Waals surface area contributed by atoms with E-state index in [1.165, 1.54) is 0 Å². The average Bonchev–Trinajstić information content (AvgIpc) is 2.32. The third kappa shape index (κ3) is 1.36. The molecule has 0 fully saturated rings. The SMILES string of the molecule is Cc1cc(Cl)c(O)c2c1C(C)(C)CC2=O. The van der Waals surface area contributed by atoms with Crippen molar-refractivity contribution in [2.24, 2.45) is 0 Å². The first-order chi connectivity index (χ1) is 6.84. The Morgan fingerprint density at radius 2 is 2.07 bits per heavy atom. The molecule has 0 radical (unpaired) electrons. The van der Waals surface area contributed by atoms with Gasteiger partial charge >= 0.3 is 0 Å². The molecule has 0 atom stereocenters. The predicted octanol–water partition coefficient (Wildman–Crippen LogP) is 3.22. The lowest BCUT2D eigenvalue weighted by Gasteiger charge is -2.20. The van der Waals surface area contributed by atoms with Crippen LogP contribution in [0, 0.1) is 6.92 Å². The zero-order chi connectivity index (χ0) is 11.4. The highest BCUT2D eigenvalue weighted by Crippen LogP contribution is 2.46. The minimum Gasteiger partial charge on any atom is -0.506 e. The van der Waals surface area contributed by atoms with E-state index >= 15 is 0 Å². The van der Waals surface area contributed by atoms with Gasteiger partial charge in [0.1, 0.15) is 5.75 Å². The van der Waals surface area contributed by atoms with Crippen LogP contribution < -0.4 is 0 Å². The van der Waals surface area contributed by atoms with Crippen molar-refractivity contribution >= 4 is 17.4 Å². The fourth-order valence-electron chi connectivity index (χ4n) is 2.49. The Bertz CT molecular complexity index is 461. The van der Waals surface area contributed by atoms with Gasteiger partial charge < -0.3 is 5.11 Å². The van der Waals surface area contributed by atoms with Crippen LogP contribution in [0.25, 0.3) is 0 Å². The smallest absolute Gasteiger partial charge is 0.167 e. The Balaban J connectivity index is 2.84. The van der Waals surface area contributed by atoms with Crippen LogP contribution in [-0.4, -0.2) is 10.9 Å². The molecule has 0 aromatic heterocycles. The van der Waals surface area contributed by atoms with E-state index in [0.29, 0.717) is 12.0 Å². The van der Waals surface area contributed by atoms with Gasteiger partial charge in [-0.25, -0.2) is 0 Å². The van der Waals surface area contributed by atoms with Crippen molar-refractivity contribution in [3.05, 3.63) is 27.8 Å². The first-order valence-electron chi connectivity index (χ1n) is 4.90. The number of Topliss-reactive ketones (excluding diaryl/α,β-unsaturated/α-hetero) is 1. The number of hydrogen-bond donors (Lipinski definition) is 1. The maximum atomic E-state index is 11.8. The van der Waals surface area contributed by atoms with Gasteiger partial charge in [0.15, 0.2) is 5.78 Å². The molecule has 0 saturated carbocycles. The number of ketones is 1. The Hall–Kier alpha value is -1.02. The molecule has 0 heterocycles. The summed E-state index contributed by atoms with van der Waals surface area (Å²) in [6.07, 6.45) is 0.442. The number of benzene rings is 1. The number of hydrogen-bond acceptors (Lipinski definition) is 2. The van der Waals surface area contributed by atoms with E-state index in [-0.39, 0.29) is 22.0 Å². The van der Waals surface area contributed by atoms with Crippen LogP contribution in [0.4, 0.5) is 0 Å². The number of rotatable bonds is 0. The maximum absolute atomic E-state index is 11.8. The lowest BCUT2D eigenvalue weighted by atomic mass is 9.84. The van der Waals surface area contributed by atoms with E-state index in [2.05, 4.69) is 0 Å². The van der Waals surface area contributed by atoms with E-state index in [4.69, 9.17) is 11.6 Å². The molecule has 0 unspecified atom stereocenters. The highest BCUT2D eigenvalue weighted by molar-refractivity contribution is 6.33. The molecule has 0 spiro atoms. The molecule has 1 aliphatic carbocycles. The summed E-state index contributed by atoms with van der Waals surface area (Å²) in [6, 6.07) is 1.72. The van der Waals surface area contributed by atoms with E-state index in [0.717, 1.165) is 11.1 Å². The maximum Gasteiger partial charge on any atom is 0.167 e. The van der Waals surface area contributed by atoms with Crippen molar-refractivity contribution in [1.29, 1.82) is 0 Å². The Morgan fingerprint density at radius 3 is 2.67 bits per heavy atom. The second-order valence-corrected chi connectivity index (χ2v) is 5.16. The minimum atomic E-state index is -0.196. The Kier molecular flexibility index (Phi) is 2.09. The molecular formula is C12H13ClO2. The monoisotopic (exact) mass is 224 g/mol. The Morgan fingerprint density at radius 1 is 1.47 bits per heavy atom. The number of carbonyl (C=O) groups excluding carboxylic acids is 1. The molecule has 80 valence electrons. The van der Waals surface area contributed by atoms with Gasteiger partial charge in [0.25, 0.3) is 0 Å². The van der Waals surface area contributed by atoms with Crippen molar-refractivity contribution in [3.8, 4) is 5.75 Å². The lowest BCUT2D eigenvalue weighted by molar-refractivity contribution is 0.0977. The van der Waals surface area contributed by atoms with Crippen LogP contribution in [0.1, 0.15) is 41.8 Å². The molecule has 15 heavy (non-hydrogen) atoms. The fourth-order valence-corrected chi connectivity index (χ4v) is 2.75. The first-order valence-corrected chi connectivity index (χ1v) is 5.28. The summed E-state index contributed by atoms with van der Waals surface area (Å²) in [7, 11) is 0. The summed E-state index contributed by atoms with van der Waals surface area (Å²) in [4.78, 5) is 11.8. The van der Waals surface area contributed by atoms with Gasteiger partial charge in [-0.1, -0.05) is 25.4 Å². The van der Waals surface area contributed by atoms with E-state index in [1.807, 2.05) is 20.8 Å². The molecule has 2 rings (SSSR count). The van der Waals surface area contributed by atoms with Crippen LogP contribution in [0.3, 0.4) is 0 Å². The predicted molar refractivity (Wildman–Crippen MR) is 59.8 cm³/mol. The second-order valence-electron chi connectivity index (χ2n) is 4.76. The van der Waals surface area contributed by atoms with Crippen molar-refractivity contribution in [1.82, 2.24) is 0 Å². The molecule has 2 nitrogen and oxygen atoms in total. The molecule has 3 heteroatoms. The summed E-state index contributed by atoms with van der Waals surface area (Å²) < 4.78 is 0. The fraction of sp³-hybridized carbons (Fsp3) is 0.417. The van der Waals surface area contributed by atoms with Crippen LogP contribution in [-0.2, 0) is 5.41 Å². The standard InChI is InChI=1S/C12H13ClO2/c1-6-4-7(13)11(15)9-8(14)5-12(2,3)10(6)9/h4,15H,5H2,1-3H3. The number of phenols is 1. The van der Waals surface area contributed by atoms with Gasteiger partial charge in [-0.3, -0.25) is 4.79 Å². The number of phenolic OH excluding ortho intramolecular Hbond substituents is 1. The highest BCUT2D eigenvalue weighted by Gasteiger charge is 2.39. The zero-order valence-electron chi connectivity index (χ0n) is 9.02. The van der Waals surface area contributed by atoms with Crippen molar-refractivity contribution < 1.29 is 9.90 Å². The van der Waals surface area contributed by atoms with Gasteiger partial charge in [-0.05, 0) is 29.5 Å². The number of aromatic hydroxyl groups is 1. The normalized spacial score (nSPS) is 18.0. The van der Waals surface area contributed by atoms with Gasteiger partial charge in [0.2, 0.25) is 0 Å². The van der Waals surface area contributed by atoms with Crippen molar-refractivity contribution in [3.63, 3.8) is 0 Å². The molecule has 0 amide bonds. The number of fused-ring (bicyclic) bond motifs is 1. The van der Waals surface area contributed by atoms with Crippen LogP contribution in [0.2, 0.25) is 5.02 Å². The van der Waals surface area contributed by atoms with Crippen LogP contribution in [0.5, 0.6) is 5.75 Å². The Labute approximate surface area is 93.9 Å². The molecule has 1 aliphatic rings. The van der Waals surface area contributed by atoms with E-state index in [1.54, 1.807) is 6.07 Å². The van der Waals surface area contributed by atoms with Crippen molar-refractivity contribution in [2.75, 3.05) is 0 Å². The van der Waals surface area contributed by atoms with Crippen LogP contribution >= 0.6 is 11.6 Å². The summed E-state index contributed by atoms with van der Waals surface area (Å²) >= 11 is 5.85. The highest BCUT2D eigenvalue weighted by atomic mass is 35.5. The summed E-state index contributed by atoms with van der Waals surface area (Å²) in [6.45, 7) is 5.94. The topological polar surface area (TPSA) is 37.3 Å². The molecule has 1 N–H and O–H groups in total. The van der Waals surface area contributed by atoms with Gasteiger partial charge in [-0.15, -0.1) is 0 Å². The van der Waals surface area contributed by atoms with Gasteiger partial charge in [-0.2, -0.15) is 0 Å². The largest absolute Gasteiger partial charge is 0.506 e. The first kappa shape index (κ1) is 10.5. The van der Waals surface area contributed by atoms with E-state index < -0.39 is 0 Å². The third-order valence-corrected chi connectivity index (χ3v) is 3.30. The van der Waals surface area contributed by atoms with Gasteiger partial charge in [0.05, 0.1) is 10.6 Å². The molecule has 0 saturated heterocycles. The quantitative estimate of drug-likeness (QED) is 0.735.